The number of nitrogens with one attached hydrogen (secondary N) is 1. The Morgan fingerprint density at radius 2 is 1.21 bits per heavy atom. The van der Waals surface area contributed by atoms with Gasteiger partial charge in [-0.25, -0.2) is 31.1 Å². The highest BCUT2D eigenvalue weighted by Gasteiger charge is 2.41. The van der Waals surface area contributed by atoms with Crippen LogP contribution in [0.5, 0.6) is 17.2 Å². The highest BCUT2D eigenvalue weighted by atomic mass is 127. The molecule has 356 valence electrons. The largest absolute Gasteiger partial charge is 0.497 e. The first-order valence-corrected chi connectivity index (χ1v) is 24.4. The second kappa shape index (κ2) is 20.9. The normalized spacial score (nSPS) is 12.7. The van der Waals surface area contributed by atoms with Gasteiger partial charge in [-0.05, 0) is 135 Å². The van der Waals surface area contributed by atoms with E-state index in [0.29, 0.717) is 28.4 Å². The Labute approximate surface area is 398 Å². The zero-order valence-corrected chi connectivity index (χ0v) is 41.9. The number of hydrogen-bond acceptors (Lipinski definition) is 12. The van der Waals surface area contributed by atoms with Crippen LogP contribution in [0, 0.1) is 3.57 Å². The third-order valence-electron chi connectivity index (χ3n) is 10.4. The predicted octanol–water partition coefficient (Wildman–Crippen LogP) is 6.61. The molecule has 3 N–H and O–H groups in total. The summed E-state index contributed by atoms with van der Waals surface area (Å²) in [7, 11) is -5.30. The molecule has 1 aromatic heterocycles. The summed E-state index contributed by atoms with van der Waals surface area (Å²) in [6.45, 7) is 8.23. The Bertz CT molecular complexity index is 2660. The molecule has 19 nitrogen and oxygen atoms in total. The summed E-state index contributed by atoms with van der Waals surface area (Å²) in [5, 5.41) is 33.7. The Morgan fingerprint density at radius 1 is 0.727 bits per heavy atom. The van der Waals surface area contributed by atoms with Crippen molar-refractivity contribution in [1.82, 2.24) is 39.0 Å². The van der Waals surface area contributed by atoms with Crippen LogP contribution in [0.25, 0.3) is 11.4 Å². The van der Waals surface area contributed by atoms with Crippen LogP contribution in [0.2, 0.25) is 0 Å². The quantitative estimate of drug-likeness (QED) is 0.0738. The van der Waals surface area contributed by atoms with Crippen molar-refractivity contribution in [1.29, 1.82) is 0 Å². The first-order valence-electron chi connectivity index (χ1n) is 20.4. The van der Waals surface area contributed by atoms with Crippen LogP contribution < -0.4 is 18.9 Å². The number of aromatic nitrogens is 4. The maximum absolute atomic E-state index is 15.7. The number of rotatable bonds is 19. The molecule has 0 spiro atoms. The second-order valence-corrected chi connectivity index (χ2v) is 21.9. The molecule has 66 heavy (non-hydrogen) atoms. The smallest absolute Gasteiger partial charge is 0.408 e. The summed E-state index contributed by atoms with van der Waals surface area (Å²) in [6.07, 6.45) is -2.78. The SMILES string of the molecule is COc1ccc(CN(Cc2ccc(OC)cc2)S(=O)(=O)c2c(S(=O)(=O)NC[C@@H](CN(C(=O)O)C(C)(C)C)N(C(=O)O)C(C)(C)C)ccc(I)c2-c2nnn(Cc3ccc(OC)cc3)n2)cc1. The number of benzene rings is 4. The molecule has 1 atom stereocenters. The van der Waals surface area contributed by atoms with Crippen LogP contribution in [0.3, 0.4) is 0 Å². The molecular formula is C44H55IN8O11S2. The number of tetrazole rings is 1. The van der Waals surface area contributed by atoms with E-state index in [9.17, 15) is 28.2 Å². The zero-order chi connectivity index (χ0) is 48.8. The summed E-state index contributed by atoms with van der Waals surface area (Å²) >= 11 is 1.89. The number of carbonyl (C=O) groups is 2. The predicted molar refractivity (Wildman–Crippen MR) is 254 cm³/mol. The number of halogens is 1. The van der Waals surface area contributed by atoms with E-state index in [2.05, 4.69) is 20.1 Å². The molecule has 2 amide bonds. The Kier molecular flexibility index (Phi) is 16.3. The molecular weight excluding hydrogens is 1010 g/mol. The molecule has 5 aromatic rings. The van der Waals surface area contributed by atoms with Gasteiger partial charge < -0.3 is 29.3 Å². The molecule has 0 saturated heterocycles. The fraction of sp³-hybridized carbons (Fsp3) is 0.386. The molecule has 0 fully saturated rings. The van der Waals surface area contributed by atoms with Crippen molar-refractivity contribution in [2.75, 3.05) is 34.4 Å². The molecule has 22 heteroatoms. The third kappa shape index (κ3) is 12.5. The van der Waals surface area contributed by atoms with Crippen LogP contribution in [0.1, 0.15) is 58.2 Å². The average Bonchev–Trinajstić information content (AvgIpc) is 3.71. The van der Waals surface area contributed by atoms with Crippen molar-refractivity contribution in [2.24, 2.45) is 0 Å². The van der Waals surface area contributed by atoms with Crippen LogP contribution in [-0.2, 0) is 39.7 Å². The van der Waals surface area contributed by atoms with Gasteiger partial charge in [0.25, 0.3) is 0 Å². The Hall–Kier alpha value is -5.56. The number of hydrogen-bond donors (Lipinski definition) is 3. The molecule has 5 rings (SSSR count). The van der Waals surface area contributed by atoms with Gasteiger partial charge in [-0.2, -0.15) is 9.10 Å². The lowest BCUT2D eigenvalue weighted by Gasteiger charge is -2.43. The van der Waals surface area contributed by atoms with E-state index >= 15 is 8.42 Å². The average molecular weight is 1060 g/mol. The monoisotopic (exact) mass is 1060 g/mol. The van der Waals surface area contributed by atoms with Gasteiger partial charge in [0.15, 0.2) is 0 Å². The minimum absolute atomic E-state index is 0.118. The molecule has 0 aliphatic carbocycles. The van der Waals surface area contributed by atoms with Crippen molar-refractivity contribution < 1.29 is 50.8 Å². The molecule has 0 radical (unpaired) electrons. The van der Waals surface area contributed by atoms with Crippen LogP contribution in [0.15, 0.2) is 94.7 Å². The fourth-order valence-electron chi connectivity index (χ4n) is 7.11. The molecule has 0 saturated carbocycles. The lowest BCUT2D eigenvalue weighted by atomic mass is 10.0. The van der Waals surface area contributed by atoms with E-state index in [1.165, 1.54) is 25.1 Å². The number of methoxy groups -OCH3 is 3. The van der Waals surface area contributed by atoms with E-state index in [1.807, 2.05) is 22.6 Å². The van der Waals surface area contributed by atoms with E-state index in [1.54, 1.807) is 121 Å². The van der Waals surface area contributed by atoms with Gasteiger partial charge in [0.1, 0.15) is 27.0 Å². The molecule has 1 heterocycles. The fourth-order valence-corrected chi connectivity index (χ4v) is 11.5. The summed E-state index contributed by atoms with van der Waals surface area (Å²) in [4.78, 5) is 27.3. The third-order valence-corrected chi connectivity index (χ3v) is 14.8. The van der Waals surface area contributed by atoms with Gasteiger partial charge in [0, 0.05) is 40.8 Å². The van der Waals surface area contributed by atoms with Gasteiger partial charge in [0.05, 0.1) is 39.5 Å². The van der Waals surface area contributed by atoms with Crippen molar-refractivity contribution in [3.05, 3.63) is 105 Å². The van der Waals surface area contributed by atoms with Crippen LogP contribution >= 0.6 is 22.6 Å². The highest BCUT2D eigenvalue weighted by Crippen LogP contribution is 2.38. The van der Waals surface area contributed by atoms with Gasteiger partial charge >= 0.3 is 12.2 Å². The summed E-state index contributed by atoms with van der Waals surface area (Å²) in [5.74, 6) is 1.50. The standard InChI is InChI=1S/C44H55IN8O11S2/c1-43(2,3)51(41(54)55)28-32(53(42(56)57)44(4,5)6)24-46-65(58,59)37-23-22-36(45)38(40-47-49-52(48-40)27-31-14-20-35(64-9)21-15-31)39(37)66(60,61)50(25-29-10-16-33(62-7)17-11-29)26-30-12-18-34(63-8)19-13-30/h10-23,32,46H,24-28H2,1-9H3,(H,54,55)(H,56,57)/t32-/m0/s1. The van der Waals surface area contributed by atoms with Crippen molar-refractivity contribution in [2.45, 2.75) is 88.1 Å². The summed E-state index contributed by atoms with van der Waals surface area (Å²) in [6, 6.07) is 21.8. The number of nitrogens with zero attached hydrogens (tertiary/aromatic N) is 7. The van der Waals surface area contributed by atoms with Crippen LogP contribution in [-0.4, -0.2) is 125 Å². The van der Waals surface area contributed by atoms with Crippen molar-refractivity contribution >= 4 is 54.8 Å². The molecule has 0 aliphatic rings. The number of carboxylic acid groups (broad SMARTS) is 2. The molecule has 4 aromatic carbocycles. The number of sulfonamides is 2. The van der Waals surface area contributed by atoms with E-state index in [4.69, 9.17) is 14.2 Å². The Morgan fingerprint density at radius 3 is 1.64 bits per heavy atom. The van der Waals surface area contributed by atoms with E-state index in [0.717, 1.165) is 25.7 Å². The van der Waals surface area contributed by atoms with Gasteiger partial charge in [0.2, 0.25) is 25.9 Å². The van der Waals surface area contributed by atoms with Crippen molar-refractivity contribution in [3.63, 3.8) is 0 Å². The highest BCUT2D eigenvalue weighted by molar-refractivity contribution is 14.1. The van der Waals surface area contributed by atoms with Gasteiger partial charge in [-0.1, -0.05) is 36.4 Å². The molecule has 0 bridgehead atoms. The number of ether oxygens (including phenoxy) is 3. The lowest BCUT2D eigenvalue weighted by Crippen LogP contribution is -2.61. The zero-order valence-electron chi connectivity index (χ0n) is 38.1. The van der Waals surface area contributed by atoms with Crippen LogP contribution in [0.4, 0.5) is 9.59 Å². The number of amides is 2. The maximum Gasteiger partial charge on any atom is 0.408 e. The van der Waals surface area contributed by atoms with E-state index in [-0.39, 0.29) is 34.6 Å². The minimum atomic E-state index is -4.93. The first-order chi connectivity index (χ1) is 30.9. The molecule has 0 unspecified atom stereocenters. The topological polar surface area (TPSA) is 236 Å². The molecule has 0 aliphatic heterocycles. The van der Waals surface area contributed by atoms with Crippen molar-refractivity contribution in [3.8, 4) is 28.6 Å². The summed E-state index contributed by atoms with van der Waals surface area (Å²) < 4.78 is 81.1. The minimum Gasteiger partial charge on any atom is -0.497 e. The summed E-state index contributed by atoms with van der Waals surface area (Å²) in [5.41, 5.74) is -0.454. The first kappa shape index (κ1) is 51.4. The van der Waals surface area contributed by atoms with Gasteiger partial charge in [-0.15, -0.1) is 10.2 Å². The lowest BCUT2D eigenvalue weighted by molar-refractivity contribution is 0.0370. The van der Waals surface area contributed by atoms with Gasteiger partial charge in [-0.3, -0.25) is 4.90 Å². The maximum atomic E-state index is 15.7. The Balaban J connectivity index is 1.72. The van der Waals surface area contributed by atoms with E-state index < -0.39 is 72.2 Å². The second-order valence-electron chi connectivity index (χ2n) is 17.1.